The lowest BCUT2D eigenvalue weighted by Gasteiger charge is -2.17. The van der Waals surface area contributed by atoms with E-state index in [0.717, 1.165) is 16.8 Å². The molecule has 0 spiro atoms. The molecule has 0 unspecified atom stereocenters. The van der Waals surface area contributed by atoms with Gasteiger partial charge in [-0.25, -0.2) is 4.98 Å². The lowest BCUT2D eigenvalue weighted by atomic mass is 10.1. The third-order valence-corrected chi connectivity index (χ3v) is 5.26. The molecule has 5 nitrogen and oxygen atoms in total. The molecule has 2 fully saturated rings. The van der Waals surface area contributed by atoms with Crippen molar-refractivity contribution >= 4 is 11.4 Å². The van der Waals surface area contributed by atoms with Gasteiger partial charge in [0.2, 0.25) is 5.82 Å². The molecule has 1 N–H and O–H groups in total. The van der Waals surface area contributed by atoms with Crippen molar-refractivity contribution in [3.05, 3.63) is 54.7 Å². The van der Waals surface area contributed by atoms with Gasteiger partial charge in [-0.3, -0.25) is 14.2 Å². The number of aromatic nitrogens is 3. The Kier molecular flexibility index (Phi) is 3.33. The van der Waals surface area contributed by atoms with Gasteiger partial charge in [-0.2, -0.15) is 0 Å². The predicted octanol–water partition coefficient (Wildman–Crippen LogP) is 3.31. The molecule has 0 radical (unpaired) electrons. The van der Waals surface area contributed by atoms with Gasteiger partial charge >= 0.3 is 0 Å². The Morgan fingerprint density at radius 3 is 2.48 bits per heavy atom. The van der Waals surface area contributed by atoms with E-state index in [2.05, 4.69) is 10.3 Å². The summed E-state index contributed by atoms with van der Waals surface area (Å²) in [6, 6.07) is 10.1. The summed E-state index contributed by atoms with van der Waals surface area (Å²) in [6.07, 6.45) is 10.4. The van der Waals surface area contributed by atoms with Crippen LogP contribution in [0, 0.1) is 11.8 Å². The normalized spacial score (nSPS) is 17.2. The van der Waals surface area contributed by atoms with Gasteiger partial charge in [0.15, 0.2) is 0 Å². The Hall–Kier alpha value is -2.69. The van der Waals surface area contributed by atoms with Gasteiger partial charge in [-0.05, 0) is 61.8 Å². The molecule has 3 aromatic rings. The predicted molar refractivity (Wildman–Crippen MR) is 95.1 cm³/mol. The van der Waals surface area contributed by atoms with E-state index >= 15 is 0 Å². The topological polar surface area (TPSA) is 59.3 Å². The Balaban J connectivity index is 1.53. The monoisotopic (exact) mass is 332 g/mol. The summed E-state index contributed by atoms with van der Waals surface area (Å²) in [6.45, 7) is 0. The SMILES string of the molecule is O=C(NC(C1CC1)C1CC1)c1nc(-c2ccncc2)c2ccccn12. The Morgan fingerprint density at radius 1 is 1.08 bits per heavy atom. The van der Waals surface area contributed by atoms with Gasteiger partial charge in [0, 0.05) is 30.2 Å². The highest BCUT2D eigenvalue weighted by Crippen LogP contribution is 2.44. The number of fused-ring (bicyclic) bond motifs is 1. The van der Waals surface area contributed by atoms with Gasteiger partial charge in [0.1, 0.15) is 0 Å². The number of hydrogen-bond acceptors (Lipinski definition) is 3. The zero-order valence-electron chi connectivity index (χ0n) is 13.9. The highest BCUT2D eigenvalue weighted by atomic mass is 16.2. The van der Waals surface area contributed by atoms with Crippen LogP contribution in [-0.2, 0) is 0 Å². The Bertz CT molecular complexity index is 913. The van der Waals surface area contributed by atoms with Crippen LogP contribution in [0.1, 0.15) is 36.3 Å². The molecule has 0 atom stereocenters. The summed E-state index contributed by atoms with van der Waals surface area (Å²) >= 11 is 0. The second-order valence-corrected chi connectivity index (χ2v) is 7.15. The molecule has 126 valence electrons. The molecule has 3 heterocycles. The van der Waals surface area contributed by atoms with Crippen molar-refractivity contribution in [2.45, 2.75) is 31.7 Å². The smallest absolute Gasteiger partial charge is 0.287 e. The van der Waals surface area contributed by atoms with E-state index in [-0.39, 0.29) is 5.91 Å². The third kappa shape index (κ3) is 2.69. The fourth-order valence-corrected chi connectivity index (χ4v) is 3.67. The van der Waals surface area contributed by atoms with Crippen LogP contribution in [-0.4, -0.2) is 26.3 Å². The summed E-state index contributed by atoms with van der Waals surface area (Å²) in [5.74, 6) is 1.74. The van der Waals surface area contributed by atoms with Crippen molar-refractivity contribution < 1.29 is 4.79 Å². The molecule has 3 aromatic heterocycles. The van der Waals surface area contributed by atoms with Crippen molar-refractivity contribution in [1.82, 2.24) is 19.7 Å². The molecule has 25 heavy (non-hydrogen) atoms. The average molecular weight is 332 g/mol. The van der Waals surface area contributed by atoms with Crippen LogP contribution in [0.3, 0.4) is 0 Å². The van der Waals surface area contributed by atoms with Gasteiger partial charge < -0.3 is 5.32 Å². The number of carbonyl (C=O) groups excluding carboxylic acids is 1. The van der Waals surface area contributed by atoms with E-state index in [1.54, 1.807) is 12.4 Å². The molecule has 0 aliphatic heterocycles. The lowest BCUT2D eigenvalue weighted by molar-refractivity contribution is 0.0915. The van der Waals surface area contributed by atoms with E-state index in [0.29, 0.717) is 23.7 Å². The van der Waals surface area contributed by atoms with Gasteiger partial charge in [-0.1, -0.05) is 6.07 Å². The van der Waals surface area contributed by atoms with Crippen LogP contribution in [0.4, 0.5) is 0 Å². The summed E-state index contributed by atoms with van der Waals surface area (Å²) in [5.41, 5.74) is 2.73. The van der Waals surface area contributed by atoms with Crippen LogP contribution < -0.4 is 5.32 Å². The fourth-order valence-electron chi connectivity index (χ4n) is 3.67. The van der Waals surface area contributed by atoms with Crippen LogP contribution >= 0.6 is 0 Å². The van der Waals surface area contributed by atoms with Gasteiger partial charge in [-0.15, -0.1) is 0 Å². The highest BCUT2D eigenvalue weighted by molar-refractivity contribution is 5.94. The van der Waals surface area contributed by atoms with E-state index < -0.39 is 0 Å². The summed E-state index contributed by atoms with van der Waals surface area (Å²) in [4.78, 5) is 21.7. The minimum Gasteiger partial charge on any atom is -0.346 e. The highest BCUT2D eigenvalue weighted by Gasteiger charge is 2.42. The third-order valence-electron chi connectivity index (χ3n) is 5.26. The number of nitrogens with one attached hydrogen (secondary N) is 1. The Labute approximate surface area is 146 Å². The lowest BCUT2D eigenvalue weighted by Crippen LogP contribution is -2.38. The first-order valence-electron chi connectivity index (χ1n) is 8.99. The first kappa shape index (κ1) is 14.6. The average Bonchev–Trinajstić information content (AvgIpc) is 3.57. The zero-order valence-corrected chi connectivity index (χ0v) is 13.9. The molecule has 5 rings (SSSR count). The Morgan fingerprint density at radius 2 is 1.80 bits per heavy atom. The number of nitrogens with zero attached hydrogens (tertiary/aromatic N) is 3. The fraction of sp³-hybridized carbons (Fsp3) is 0.350. The number of imidazole rings is 1. The van der Waals surface area contributed by atoms with E-state index in [4.69, 9.17) is 4.98 Å². The standard InChI is InChI=1S/C20H20N4O/c25-20(23-17(13-4-5-13)14-6-7-14)19-22-18(15-8-10-21-11-9-15)16-3-1-2-12-24(16)19/h1-3,8-14,17H,4-7H2,(H,23,25). The maximum atomic E-state index is 13.0. The van der Waals surface area contributed by atoms with Crippen LogP contribution in [0.25, 0.3) is 16.8 Å². The maximum absolute atomic E-state index is 13.0. The van der Waals surface area contributed by atoms with Gasteiger partial charge in [0.05, 0.1) is 11.2 Å². The first-order valence-corrected chi connectivity index (χ1v) is 8.99. The zero-order chi connectivity index (χ0) is 16.8. The van der Waals surface area contributed by atoms with Crippen molar-refractivity contribution in [2.24, 2.45) is 11.8 Å². The number of amides is 1. The van der Waals surface area contributed by atoms with Crippen LogP contribution in [0.2, 0.25) is 0 Å². The molecule has 0 saturated heterocycles. The summed E-state index contributed by atoms with van der Waals surface area (Å²) in [7, 11) is 0. The largest absolute Gasteiger partial charge is 0.346 e. The van der Waals surface area contributed by atoms with E-state index in [9.17, 15) is 4.79 Å². The maximum Gasteiger partial charge on any atom is 0.287 e. The van der Waals surface area contributed by atoms with Crippen LogP contribution in [0.15, 0.2) is 48.9 Å². The number of rotatable bonds is 5. The van der Waals surface area contributed by atoms with Crippen molar-refractivity contribution in [1.29, 1.82) is 0 Å². The van der Waals surface area contributed by atoms with Crippen molar-refractivity contribution in [3.63, 3.8) is 0 Å². The second kappa shape index (κ2) is 5.69. The molecule has 1 amide bonds. The van der Waals surface area contributed by atoms with E-state index in [1.165, 1.54) is 25.7 Å². The first-order chi connectivity index (χ1) is 12.3. The molecule has 2 saturated carbocycles. The second-order valence-electron chi connectivity index (χ2n) is 7.15. The molecule has 0 bridgehead atoms. The molecule has 5 heteroatoms. The molecule has 0 aromatic carbocycles. The minimum atomic E-state index is -0.0645. The van der Waals surface area contributed by atoms with Crippen molar-refractivity contribution in [3.8, 4) is 11.3 Å². The molecule has 2 aliphatic rings. The molecular formula is C20H20N4O. The summed E-state index contributed by atoms with van der Waals surface area (Å²) < 4.78 is 1.89. The number of hydrogen-bond donors (Lipinski definition) is 1. The number of carbonyl (C=O) groups is 1. The molecule has 2 aliphatic carbocycles. The van der Waals surface area contributed by atoms with Crippen molar-refractivity contribution in [2.75, 3.05) is 0 Å². The number of pyridine rings is 2. The van der Waals surface area contributed by atoms with E-state index in [1.807, 2.05) is 40.9 Å². The van der Waals surface area contributed by atoms with Gasteiger partial charge in [0.25, 0.3) is 5.91 Å². The van der Waals surface area contributed by atoms with Crippen LogP contribution in [0.5, 0.6) is 0 Å². The quantitative estimate of drug-likeness (QED) is 0.780. The molecular weight excluding hydrogens is 312 g/mol. The summed E-state index contributed by atoms with van der Waals surface area (Å²) in [5, 5.41) is 3.28. The minimum absolute atomic E-state index is 0.0645.